The molecule has 0 spiro atoms. The van der Waals surface area contributed by atoms with Crippen molar-refractivity contribution in [3.63, 3.8) is 0 Å². The summed E-state index contributed by atoms with van der Waals surface area (Å²) in [5.74, 6) is -0.104. The zero-order chi connectivity index (χ0) is 30.5. The van der Waals surface area contributed by atoms with Gasteiger partial charge in [-0.2, -0.15) is 0 Å². The predicted octanol–water partition coefficient (Wildman–Crippen LogP) is 6.46. The van der Waals surface area contributed by atoms with Crippen LogP contribution >= 0.6 is 22.9 Å². The van der Waals surface area contributed by atoms with E-state index >= 15 is 0 Å². The largest absolute Gasteiger partial charge is 0.465 e. The van der Waals surface area contributed by atoms with Crippen molar-refractivity contribution in [2.45, 2.75) is 31.8 Å². The highest BCUT2D eigenvalue weighted by Gasteiger charge is 2.36. The van der Waals surface area contributed by atoms with Crippen LogP contribution in [-0.2, 0) is 17.8 Å². The molecule has 0 saturated carbocycles. The van der Waals surface area contributed by atoms with E-state index in [9.17, 15) is 14.7 Å². The van der Waals surface area contributed by atoms with Crippen molar-refractivity contribution >= 4 is 45.0 Å². The molecule has 2 amide bonds. The molecule has 2 aliphatic rings. The summed E-state index contributed by atoms with van der Waals surface area (Å²) in [5.41, 5.74) is 4.92. The van der Waals surface area contributed by atoms with E-state index in [1.54, 1.807) is 11.3 Å². The molecule has 0 radical (unpaired) electrons. The fourth-order valence-electron chi connectivity index (χ4n) is 6.71. The lowest BCUT2D eigenvalue weighted by atomic mass is 9.88. The molecule has 4 aromatic rings. The molecule has 0 bridgehead atoms. The van der Waals surface area contributed by atoms with Gasteiger partial charge in [-0.05, 0) is 89.5 Å². The molecule has 3 heterocycles. The van der Waals surface area contributed by atoms with E-state index < -0.39 is 12.1 Å². The number of piperidine rings is 1. The van der Waals surface area contributed by atoms with Crippen LogP contribution in [0.5, 0.6) is 0 Å². The normalized spacial score (nSPS) is 17.5. The highest BCUT2D eigenvalue weighted by molar-refractivity contribution is 7.17. The number of carbonyl (C=O) groups excluding carboxylic acids is 1. The van der Waals surface area contributed by atoms with E-state index in [1.807, 2.05) is 29.2 Å². The second-order valence-corrected chi connectivity index (χ2v) is 13.2. The Morgan fingerprint density at radius 2 is 1.66 bits per heavy atom. The summed E-state index contributed by atoms with van der Waals surface area (Å²) in [7, 11) is 0. The maximum Gasteiger partial charge on any atom is 0.405 e. The molecule has 2 fully saturated rings. The molecule has 2 saturated heterocycles. The smallest absolute Gasteiger partial charge is 0.405 e. The van der Waals surface area contributed by atoms with E-state index in [0.717, 1.165) is 63.6 Å². The standard InChI is InChI=1S/C35H39ClN4O3S/c36-30-9-10-31(25-5-2-1-3-6-25)28(23-30)13-17-38-15-11-26(12-16-38)32(37-35(42)43)34(41)40-20-18-39(19-21-40)24-29-8-4-7-27-14-22-44-33(27)29/h1-10,14,22-23,26,32,37H,11-13,15-21,24H2,(H,42,43)/t32-/m1/s1. The van der Waals surface area contributed by atoms with Crippen molar-refractivity contribution in [3.8, 4) is 11.1 Å². The summed E-state index contributed by atoms with van der Waals surface area (Å²) in [4.78, 5) is 32.1. The number of likely N-dealkylation sites (tertiary alicyclic amines) is 1. The van der Waals surface area contributed by atoms with E-state index in [2.05, 4.69) is 69.0 Å². The number of nitrogens with one attached hydrogen (secondary N) is 1. The monoisotopic (exact) mass is 630 g/mol. The van der Waals surface area contributed by atoms with Crippen molar-refractivity contribution in [2.24, 2.45) is 5.92 Å². The minimum absolute atomic E-state index is 0.0182. The quantitative estimate of drug-likeness (QED) is 0.222. The maximum atomic E-state index is 13.7. The van der Waals surface area contributed by atoms with Crippen LogP contribution in [0.15, 0.2) is 78.2 Å². The number of benzene rings is 3. The van der Waals surface area contributed by atoms with Gasteiger partial charge in [0.25, 0.3) is 0 Å². The molecular formula is C35H39ClN4O3S. The van der Waals surface area contributed by atoms with Crippen molar-refractivity contribution in [1.82, 2.24) is 20.0 Å². The summed E-state index contributed by atoms with van der Waals surface area (Å²) in [6.07, 6.45) is 1.30. The topological polar surface area (TPSA) is 76.1 Å². The number of piperazine rings is 1. The van der Waals surface area contributed by atoms with Gasteiger partial charge in [0.1, 0.15) is 6.04 Å². The van der Waals surface area contributed by atoms with Gasteiger partial charge in [0.05, 0.1) is 0 Å². The summed E-state index contributed by atoms with van der Waals surface area (Å²) in [6.45, 7) is 6.19. The molecule has 230 valence electrons. The molecular weight excluding hydrogens is 592 g/mol. The minimum atomic E-state index is -1.14. The lowest BCUT2D eigenvalue weighted by Gasteiger charge is -2.40. The third-order valence-corrected chi connectivity index (χ3v) is 10.4. The molecule has 6 rings (SSSR count). The Morgan fingerprint density at radius 1 is 0.886 bits per heavy atom. The van der Waals surface area contributed by atoms with Gasteiger partial charge in [-0.15, -0.1) is 11.3 Å². The number of carboxylic acid groups (broad SMARTS) is 1. The number of hydrogen-bond donors (Lipinski definition) is 2. The molecule has 3 aromatic carbocycles. The Labute approximate surface area is 268 Å². The van der Waals surface area contributed by atoms with Crippen molar-refractivity contribution < 1.29 is 14.7 Å². The predicted molar refractivity (Wildman–Crippen MR) is 178 cm³/mol. The summed E-state index contributed by atoms with van der Waals surface area (Å²) in [6, 6.07) is 24.3. The Hall–Kier alpha value is -3.43. The highest BCUT2D eigenvalue weighted by atomic mass is 35.5. The molecule has 1 atom stereocenters. The summed E-state index contributed by atoms with van der Waals surface area (Å²) in [5, 5.41) is 16.4. The first-order valence-electron chi connectivity index (χ1n) is 15.5. The maximum absolute atomic E-state index is 13.7. The van der Waals surface area contributed by atoms with Crippen LogP contribution in [-0.4, -0.2) is 83.7 Å². The van der Waals surface area contributed by atoms with Crippen LogP contribution < -0.4 is 5.32 Å². The van der Waals surface area contributed by atoms with E-state index in [-0.39, 0.29) is 11.8 Å². The van der Waals surface area contributed by atoms with Gasteiger partial charge in [-0.1, -0.05) is 66.2 Å². The SMILES string of the molecule is O=C(O)N[C@@H](C(=O)N1CCN(Cc2cccc3ccsc23)CC1)C1CCN(CCc2cc(Cl)ccc2-c2ccccc2)CC1. The van der Waals surface area contributed by atoms with Crippen molar-refractivity contribution in [2.75, 3.05) is 45.8 Å². The van der Waals surface area contributed by atoms with Crippen LogP contribution in [0.4, 0.5) is 4.79 Å². The first kappa shape index (κ1) is 30.6. The van der Waals surface area contributed by atoms with E-state index in [4.69, 9.17) is 11.6 Å². The third kappa shape index (κ3) is 7.26. The lowest BCUT2D eigenvalue weighted by molar-refractivity contribution is -0.137. The third-order valence-electron chi connectivity index (χ3n) is 9.14. The Bertz CT molecular complexity index is 1580. The molecule has 1 aromatic heterocycles. The van der Waals surface area contributed by atoms with Gasteiger partial charge in [0, 0.05) is 49.0 Å². The van der Waals surface area contributed by atoms with Gasteiger partial charge in [0.2, 0.25) is 5.91 Å². The number of nitrogens with zero attached hydrogens (tertiary/aromatic N) is 3. The van der Waals surface area contributed by atoms with Crippen LogP contribution in [0.25, 0.3) is 21.2 Å². The average Bonchev–Trinajstić information content (AvgIpc) is 3.54. The molecule has 7 nitrogen and oxygen atoms in total. The average molecular weight is 631 g/mol. The van der Waals surface area contributed by atoms with Crippen molar-refractivity contribution in [1.29, 1.82) is 0 Å². The van der Waals surface area contributed by atoms with Gasteiger partial charge >= 0.3 is 6.09 Å². The second kappa shape index (κ2) is 14.1. The van der Waals surface area contributed by atoms with Gasteiger partial charge in [-0.25, -0.2) is 4.79 Å². The molecule has 44 heavy (non-hydrogen) atoms. The Kier molecular flexibility index (Phi) is 9.82. The molecule has 0 unspecified atom stereocenters. The summed E-state index contributed by atoms with van der Waals surface area (Å²) >= 11 is 8.14. The van der Waals surface area contributed by atoms with Gasteiger partial charge in [-0.3, -0.25) is 9.69 Å². The zero-order valence-corrected chi connectivity index (χ0v) is 26.4. The van der Waals surface area contributed by atoms with Crippen LogP contribution in [0.3, 0.4) is 0 Å². The van der Waals surface area contributed by atoms with Crippen LogP contribution in [0.1, 0.15) is 24.0 Å². The number of rotatable bonds is 9. The van der Waals surface area contributed by atoms with Crippen LogP contribution in [0, 0.1) is 5.92 Å². The number of carbonyl (C=O) groups is 2. The lowest BCUT2D eigenvalue weighted by Crippen LogP contribution is -2.57. The van der Waals surface area contributed by atoms with E-state index in [1.165, 1.54) is 32.3 Å². The molecule has 0 aliphatic carbocycles. The fraction of sp³-hybridized carbons (Fsp3) is 0.371. The van der Waals surface area contributed by atoms with Crippen molar-refractivity contribution in [3.05, 3.63) is 94.3 Å². The minimum Gasteiger partial charge on any atom is -0.465 e. The number of thiophene rings is 1. The summed E-state index contributed by atoms with van der Waals surface area (Å²) < 4.78 is 1.33. The zero-order valence-electron chi connectivity index (χ0n) is 24.8. The first-order valence-corrected chi connectivity index (χ1v) is 16.7. The highest BCUT2D eigenvalue weighted by Crippen LogP contribution is 2.29. The van der Waals surface area contributed by atoms with E-state index in [0.29, 0.717) is 13.1 Å². The van der Waals surface area contributed by atoms with Crippen LogP contribution in [0.2, 0.25) is 5.02 Å². The number of halogens is 1. The number of hydrogen-bond acceptors (Lipinski definition) is 5. The fourth-order valence-corrected chi connectivity index (χ4v) is 7.82. The Morgan fingerprint density at radius 3 is 2.41 bits per heavy atom. The number of amides is 2. The number of fused-ring (bicyclic) bond motifs is 1. The first-order chi connectivity index (χ1) is 21.4. The molecule has 9 heteroatoms. The van der Waals surface area contributed by atoms with Gasteiger partial charge in [0.15, 0.2) is 0 Å². The Balaban J connectivity index is 1.02. The second-order valence-electron chi connectivity index (χ2n) is 11.9. The molecule has 2 aliphatic heterocycles. The van der Waals surface area contributed by atoms with Gasteiger partial charge < -0.3 is 20.2 Å². The molecule has 2 N–H and O–H groups in total.